The third kappa shape index (κ3) is 3.03. The predicted octanol–water partition coefficient (Wildman–Crippen LogP) is 1.88. The van der Waals surface area contributed by atoms with Crippen LogP contribution in [-0.4, -0.2) is 44.1 Å². The summed E-state index contributed by atoms with van der Waals surface area (Å²) < 4.78 is 6.65. The van der Waals surface area contributed by atoms with Gasteiger partial charge in [-0.15, -0.1) is 5.10 Å². The van der Waals surface area contributed by atoms with E-state index >= 15 is 0 Å². The van der Waals surface area contributed by atoms with Crippen molar-refractivity contribution in [2.24, 2.45) is 0 Å². The van der Waals surface area contributed by atoms with Crippen LogP contribution in [-0.2, 0) is 16.0 Å². The van der Waals surface area contributed by atoms with Crippen LogP contribution in [0.25, 0.3) is 5.78 Å². The Balaban J connectivity index is 1.48. The summed E-state index contributed by atoms with van der Waals surface area (Å²) in [5, 5.41) is 4.12. The fourth-order valence-electron chi connectivity index (χ4n) is 3.46. The second-order valence-electron chi connectivity index (χ2n) is 6.71. The summed E-state index contributed by atoms with van der Waals surface area (Å²) in [5.74, 6) is -0.799. The summed E-state index contributed by atoms with van der Waals surface area (Å²) in [7, 11) is 0. The molecule has 0 fully saturated rings. The smallest absolute Gasteiger partial charge is 0.378 e. The number of carbonyl (C=O) groups is 2. The van der Waals surface area contributed by atoms with Gasteiger partial charge >= 0.3 is 5.97 Å². The SMILES string of the molecule is Cc1cc(C)n2nc(C(=O)OCC(=O)N3c4ccccc4C[C@@H]3C)nc2n1. The normalized spacial score (nSPS) is 15.8. The fourth-order valence-corrected chi connectivity index (χ4v) is 3.46. The Labute approximate surface area is 155 Å². The average molecular weight is 365 g/mol. The molecule has 0 radical (unpaired) electrons. The minimum absolute atomic E-state index is 0.0248. The van der Waals surface area contributed by atoms with Crippen molar-refractivity contribution in [2.75, 3.05) is 11.5 Å². The van der Waals surface area contributed by atoms with Crippen LogP contribution in [0.4, 0.5) is 5.69 Å². The largest absolute Gasteiger partial charge is 0.450 e. The van der Waals surface area contributed by atoms with E-state index < -0.39 is 5.97 Å². The zero-order valence-corrected chi connectivity index (χ0v) is 15.3. The minimum Gasteiger partial charge on any atom is -0.450 e. The van der Waals surface area contributed by atoms with Gasteiger partial charge in [0.05, 0.1) is 0 Å². The molecule has 1 atom stereocenters. The number of fused-ring (bicyclic) bond motifs is 2. The molecule has 0 bridgehead atoms. The molecule has 0 saturated carbocycles. The first-order valence-corrected chi connectivity index (χ1v) is 8.72. The first-order chi connectivity index (χ1) is 12.9. The van der Waals surface area contributed by atoms with Crippen LogP contribution in [0.1, 0.15) is 34.5 Å². The van der Waals surface area contributed by atoms with Crippen LogP contribution >= 0.6 is 0 Å². The number of amides is 1. The van der Waals surface area contributed by atoms with Crippen LogP contribution in [0.15, 0.2) is 30.3 Å². The highest BCUT2D eigenvalue weighted by Gasteiger charge is 2.31. The number of hydrogen-bond donors (Lipinski definition) is 0. The Morgan fingerprint density at radius 2 is 2.00 bits per heavy atom. The van der Waals surface area contributed by atoms with Gasteiger partial charge < -0.3 is 9.64 Å². The van der Waals surface area contributed by atoms with Crippen LogP contribution in [0.3, 0.4) is 0 Å². The summed E-state index contributed by atoms with van der Waals surface area (Å²) >= 11 is 0. The number of ether oxygens (including phenoxy) is 1. The molecule has 1 aromatic carbocycles. The third-order valence-electron chi connectivity index (χ3n) is 4.60. The highest BCUT2D eigenvalue weighted by Crippen LogP contribution is 2.31. The van der Waals surface area contributed by atoms with Crippen LogP contribution < -0.4 is 4.90 Å². The van der Waals surface area contributed by atoms with Crippen molar-refractivity contribution >= 4 is 23.3 Å². The van der Waals surface area contributed by atoms with Gasteiger partial charge in [0.2, 0.25) is 0 Å². The molecule has 0 unspecified atom stereocenters. The van der Waals surface area contributed by atoms with Crippen molar-refractivity contribution in [3.63, 3.8) is 0 Å². The highest BCUT2D eigenvalue weighted by molar-refractivity contribution is 5.98. The van der Waals surface area contributed by atoms with E-state index in [4.69, 9.17) is 4.74 Å². The van der Waals surface area contributed by atoms with E-state index in [1.54, 1.807) is 4.90 Å². The molecular formula is C19H19N5O3. The number of carbonyl (C=O) groups excluding carboxylic acids is 2. The van der Waals surface area contributed by atoms with Gasteiger partial charge in [0.15, 0.2) is 6.61 Å². The van der Waals surface area contributed by atoms with E-state index in [2.05, 4.69) is 15.1 Å². The van der Waals surface area contributed by atoms with E-state index in [0.717, 1.165) is 29.1 Å². The zero-order chi connectivity index (χ0) is 19.1. The number of benzene rings is 1. The minimum atomic E-state index is -0.744. The summed E-state index contributed by atoms with van der Waals surface area (Å²) in [6.07, 6.45) is 0.786. The Morgan fingerprint density at radius 1 is 1.22 bits per heavy atom. The van der Waals surface area contributed by atoms with Gasteiger partial charge in [-0.05, 0) is 44.9 Å². The first kappa shape index (κ1) is 17.1. The van der Waals surface area contributed by atoms with Gasteiger partial charge in [-0.25, -0.2) is 14.3 Å². The summed E-state index contributed by atoms with van der Waals surface area (Å²) in [4.78, 5) is 34.9. The molecule has 4 rings (SSSR count). The molecular weight excluding hydrogens is 346 g/mol. The second kappa shape index (κ2) is 6.46. The lowest BCUT2D eigenvalue weighted by atomic mass is 10.1. The standard InChI is InChI=1S/C19H19N5O3/c1-11-8-13(3)24-19(20-11)21-17(22-24)18(26)27-10-16(25)23-12(2)9-14-6-4-5-7-15(14)23/h4-8,12H,9-10H2,1-3H3/t12-/m0/s1. The van der Waals surface area contributed by atoms with Crippen molar-refractivity contribution in [1.82, 2.24) is 19.6 Å². The lowest BCUT2D eigenvalue weighted by molar-refractivity contribution is -0.122. The number of hydrogen-bond acceptors (Lipinski definition) is 6. The van der Waals surface area contributed by atoms with E-state index in [1.807, 2.05) is 51.1 Å². The molecule has 3 aromatic rings. The number of para-hydroxylation sites is 1. The number of rotatable bonds is 3. The summed E-state index contributed by atoms with van der Waals surface area (Å²) in [6, 6.07) is 9.61. The molecule has 0 N–H and O–H groups in total. The lowest BCUT2D eigenvalue weighted by Gasteiger charge is -2.22. The van der Waals surface area contributed by atoms with Gasteiger partial charge in [0, 0.05) is 23.1 Å². The van der Waals surface area contributed by atoms with Gasteiger partial charge in [0.1, 0.15) is 0 Å². The van der Waals surface area contributed by atoms with Gasteiger partial charge in [0.25, 0.3) is 17.5 Å². The maximum absolute atomic E-state index is 12.6. The molecule has 1 aliphatic rings. The maximum atomic E-state index is 12.6. The highest BCUT2D eigenvalue weighted by atomic mass is 16.5. The second-order valence-corrected chi connectivity index (χ2v) is 6.71. The van der Waals surface area contributed by atoms with E-state index in [1.165, 1.54) is 4.52 Å². The Hall–Kier alpha value is -3.29. The van der Waals surface area contributed by atoms with Gasteiger partial charge in [-0.3, -0.25) is 4.79 Å². The predicted molar refractivity (Wildman–Crippen MR) is 97.6 cm³/mol. The van der Waals surface area contributed by atoms with Crippen LogP contribution in [0.2, 0.25) is 0 Å². The molecule has 8 heteroatoms. The van der Waals surface area contributed by atoms with Crippen molar-refractivity contribution in [2.45, 2.75) is 33.2 Å². The molecule has 0 saturated heterocycles. The number of anilines is 1. The Bertz CT molecular complexity index is 1060. The maximum Gasteiger partial charge on any atom is 0.378 e. The third-order valence-corrected chi connectivity index (χ3v) is 4.60. The van der Waals surface area contributed by atoms with Crippen molar-refractivity contribution in [3.8, 4) is 0 Å². The van der Waals surface area contributed by atoms with E-state index in [0.29, 0.717) is 5.78 Å². The summed E-state index contributed by atoms with van der Waals surface area (Å²) in [6.45, 7) is 5.30. The Morgan fingerprint density at radius 3 is 2.81 bits per heavy atom. The first-order valence-electron chi connectivity index (χ1n) is 8.72. The monoisotopic (exact) mass is 365 g/mol. The van der Waals surface area contributed by atoms with Crippen LogP contribution in [0, 0.1) is 13.8 Å². The van der Waals surface area contributed by atoms with Gasteiger partial charge in [-0.1, -0.05) is 18.2 Å². The van der Waals surface area contributed by atoms with Crippen molar-refractivity contribution < 1.29 is 14.3 Å². The average Bonchev–Trinajstić information content (AvgIpc) is 3.19. The Kier molecular flexibility index (Phi) is 4.10. The summed E-state index contributed by atoms with van der Waals surface area (Å²) in [5.41, 5.74) is 3.57. The molecule has 0 spiro atoms. The molecule has 2 aromatic heterocycles. The molecule has 8 nitrogen and oxygen atoms in total. The van der Waals surface area contributed by atoms with Crippen molar-refractivity contribution in [3.05, 3.63) is 53.1 Å². The number of nitrogens with zero attached hydrogens (tertiary/aromatic N) is 5. The van der Waals surface area contributed by atoms with Gasteiger partial charge in [-0.2, -0.15) is 4.98 Å². The number of esters is 1. The lowest BCUT2D eigenvalue weighted by Crippen LogP contribution is -2.38. The topological polar surface area (TPSA) is 89.7 Å². The number of aryl methyl sites for hydroxylation is 2. The molecule has 138 valence electrons. The van der Waals surface area contributed by atoms with Crippen molar-refractivity contribution in [1.29, 1.82) is 0 Å². The van der Waals surface area contributed by atoms with Crippen LogP contribution in [0.5, 0.6) is 0 Å². The molecule has 1 aliphatic heterocycles. The van der Waals surface area contributed by atoms with E-state index in [9.17, 15) is 9.59 Å². The fraction of sp³-hybridized carbons (Fsp3) is 0.316. The molecule has 27 heavy (non-hydrogen) atoms. The molecule has 3 heterocycles. The zero-order valence-electron chi connectivity index (χ0n) is 15.3. The quantitative estimate of drug-likeness (QED) is 0.658. The molecule has 1 amide bonds. The number of aromatic nitrogens is 4. The van der Waals surface area contributed by atoms with E-state index in [-0.39, 0.29) is 24.4 Å². The molecule has 0 aliphatic carbocycles.